The number of ether oxygens (including phenoxy) is 2. The monoisotopic (exact) mass is 639 g/mol. The SMILES string of the molecule is CCCCCCCCCCCCCCCCC(=O)OCCC(C)(CCO)OC(=O)CCCCCCCCCCCCCCCC. The van der Waals surface area contributed by atoms with Gasteiger partial charge in [0, 0.05) is 32.3 Å². The standard InChI is InChI=1S/C40H78O5/c1-4-6-8-10-12-14-16-18-20-22-24-26-28-30-32-38(42)44-37-35-40(3,34-36-41)45-39(43)33-31-29-27-25-23-21-19-17-15-13-11-9-7-5-2/h41H,4-37H2,1-3H3. The van der Waals surface area contributed by atoms with Crippen LogP contribution in [0.3, 0.4) is 0 Å². The minimum atomic E-state index is -0.794. The van der Waals surface area contributed by atoms with Crippen LogP contribution in [0, 0.1) is 0 Å². The van der Waals surface area contributed by atoms with Crippen molar-refractivity contribution in [2.75, 3.05) is 13.2 Å². The first-order chi connectivity index (χ1) is 22.0. The lowest BCUT2D eigenvalue weighted by molar-refractivity contribution is -0.162. The number of esters is 2. The van der Waals surface area contributed by atoms with Gasteiger partial charge in [-0.15, -0.1) is 0 Å². The van der Waals surface area contributed by atoms with Crippen molar-refractivity contribution in [3.05, 3.63) is 0 Å². The van der Waals surface area contributed by atoms with Crippen LogP contribution in [0.5, 0.6) is 0 Å². The van der Waals surface area contributed by atoms with Crippen molar-refractivity contribution in [1.29, 1.82) is 0 Å². The smallest absolute Gasteiger partial charge is 0.306 e. The van der Waals surface area contributed by atoms with E-state index >= 15 is 0 Å². The molecule has 45 heavy (non-hydrogen) atoms. The van der Waals surface area contributed by atoms with Gasteiger partial charge >= 0.3 is 11.9 Å². The van der Waals surface area contributed by atoms with Gasteiger partial charge in [0.1, 0.15) is 5.60 Å². The summed E-state index contributed by atoms with van der Waals surface area (Å²) in [7, 11) is 0. The summed E-state index contributed by atoms with van der Waals surface area (Å²) in [5, 5.41) is 9.53. The minimum Gasteiger partial charge on any atom is -0.466 e. The predicted octanol–water partition coefficient (Wildman–Crippen LogP) is 12.3. The number of carbonyl (C=O) groups excluding carboxylic acids is 2. The second kappa shape index (κ2) is 34.2. The Morgan fingerprint density at radius 2 is 0.778 bits per heavy atom. The normalized spacial score (nSPS) is 12.7. The van der Waals surface area contributed by atoms with Crippen molar-refractivity contribution in [3.8, 4) is 0 Å². The lowest BCUT2D eigenvalue weighted by Gasteiger charge is -2.29. The quantitative estimate of drug-likeness (QED) is 0.0546. The van der Waals surface area contributed by atoms with E-state index in [1.54, 1.807) is 0 Å². The Hall–Kier alpha value is -1.10. The molecular formula is C40H78O5. The molecule has 5 nitrogen and oxygen atoms in total. The molecule has 0 aromatic rings. The van der Waals surface area contributed by atoms with Crippen LogP contribution >= 0.6 is 0 Å². The Kier molecular flexibility index (Phi) is 33.4. The number of rotatable bonds is 36. The number of aliphatic hydroxyl groups excluding tert-OH is 1. The maximum Gasteiger partial charge on any atom is 0.306 e. The Morgan fingerprint density at radius 3 is 1.11 bits per heavy atom. The number of hydrogen-bond donors (Lipinski definition) is 1. The third-order valence-electron chi connectivity index (χ3n) is 9.36. The molecule has 0 radical (unpaired) electrons. The molecule has 0 bridgehead atoms. The molecule has 0 heterocycles. The Bertz CT molecular complexity index is 636. The number of aliphatic hydroxyl groups is 1. The molecule has 0 spiro atoms. The van der Waals surface area contributed by atoms with E-state index in [2.05, 4.69) is 13.8 Å². The van der Waals surface area contributed by atoms with Crippen molar-refractivity contribution in [2.45, 2.75) is 232 Å². The van der Waals surface area contributed by atoms with E-state index in [9.17, 15) is 14.7 Å². The van der Waals surface area contributed by atoms with Gasteiger partial charge in [0.2, 0.25) is 0 Å². The van der Waals surface area contributed by atoms with E-state index in [4.69, 9.17) is 9.47 Å². The molecule has 5 heteroatoms. The Balaban J connectivity index is 3.73. The van der Waals surface area contributed by atoms with Gasteiger partial charge in [-0.05, 0) is 19.8 Å². The van der Waals surface area contributed by atoms with Crippen molar-refractivity contribution < 1.29 is 24.2 Å². The number of hydrogen-bond acceptors (Lipinski definition) is 5. The van der Waals surface area contributed by atoms with Crippen LogP contribution in [0.4, 0.5) is 0 Å². The third kappa shape index (κ3) is 32.6. The van der Waals surface area contributed by atoms with Crippen LogP contribution in [0.15, 0.2) is 0 Å². The largest absolute Gasteiger partial charge is 0.466 e. The van der Waals surface area contributed by atoms with Crippen LogP contribution in [0.25, 0.3) is 0 Å². The molecule has 0 aliphatic rings. The van der Waals surface area contributed by atoms with Crippen LogP contribution in [-0.2, 0) is 19.1 Å². The summed E-state index contributed by atoms with van der Waals surface area (Å²) >= 11 is 0. The fourth-order valence-corrected chi connectivity index (χ4v) is 6.17. The first kappa shape index (κ1) is 43.9. The summed E-state index contributed by atoms with van der Waals surface area (Å²) < 4.78 is 11.2. The molecule has 0 rings (SSSR count). The van der Waals surface area contributed by atoms with E-state index in [-0.39, 0.29) is 25.2 Å². The summed E-state index contributed by atoms with van der Waals surface area (Å²) in [6.45, 7) is 6.54. The fraction of sp³-hybridized carbons (Fsp3) is 0.950. The summed E-state index contributed by atoms with van der Waals surface area (Å²) in [6, 6.07) is 0. The van der Waals surface area contributed by atoms with Crippen molar-refractivity contribution in [1.82, 2.24) is 0 Å². The van der Waals surface area contributed by atoms with Gasteiger partial charge < -0.3 is 14.6 Å². The van der Waals surface area contributed by atoms with Crippen molar-refractivity contribution in [2.24, 2.45) is 0 Å². The second-order valence-electron chi connectivity index (χ2n) is 14.1. The Morgan fingerprint density at radius 1 is 0.467 bits per heavy atom. The fourth-order valence-electron chi connectivity index (χ4n) is 6.17. The number of unbranched alkanes of at least 4 members (excludes halogenated alkanes) is 26. The average Bonchev–Trinajstić information content (AvgIpc) is 3.01. The van der Waals surface area contributed by atoms with E-state index < -0.39 is 5.60 Å². The molecule has 0 saturated heterocycles. The topological polar surface area (TPSA) is 72.8 Å². The highest BCUT2D eigenvalue weighted by Gasteiger charge is 2.28. The maximum atomic E-state index is 12.5. The third-order valence-corrected chi connectivity index (χ3v) is 9.36. The van der Waals surface area contributed by atoms with Gasteiger partial charge in [-0.1, -0.05) is 181 Å². The van der Waals surface area contributed by atoms with Crippen LogP contribution in [0.1, 0.15) is 226 Å². The second-order valence-corrected chi connectivity index (χ2v) is 14.1. The zero-order valence-electron chi connectivity index (χ0n) is 30.6. The molecule has 1 atom stereocenters. The molecule has 0 fully saturated rings. The van der Waals surface area contributed by atoms with Gasteiger partial charge in [0.05, 0.1) is 6.61 Å². The summed E-state index contributed by atoms with van der Waals surface area (Å²) in [5.74, 6) is -0.382. The molecule has 268 valence electrons. The highest BCUT2D eigenvalue weighted by molar-refractivity contribution is 5.70. The lowest BCUT2D eigenvalue weighted by atomic mass is 9.98. The molecule has 0 aromatic heterocycles. The van der Waals surface area contributed by atoms with E-state index in [1.165, 1.54) is 154 Å². The van der Waals surface area contributed by atoms with Crippen molar-refractivity contribution in [3.63, 3.8) is 0 Å². The Labute approximate surface area is 280 Å². The highest BCUT2D eigenvalue weighted by atomic mass is 16.6. The van der Waals surface area contributed by atoms with E-state index in [1.807, 2.05) is 6.92 Å². The minimum absolute atomic E-state index is 0.0599. The van der Waals surface area contributed by atoms with Gasteiger partial charge in [-0.2, -0.15) is 0 Å². The predicted molar refractivity (Wildman–Crippen MR) is 192 cm³/mol. The van der Waals surface area contributed by atoms with Crippen LogP contribution < -0.4 is 0 Å². The lowest BCUT2D eigenvalue weighted by Crippen LogP contribution is -2.34. The zero-order valence-corrected chi connectivity index (χ0v) is 30.6. The molecule has 0 aliphatic carbocycles. The molecule has 0 aromatic carbocycles. The van der Waals surface area contributed by atoms with E-state index in [0.29, 0.717) is 25.7 Å². The molecule has 0 amide bonds. The molecule has 0 saturated carbocycles. The summed E-state index contributed by atoms with van der Waals surface area (Å²) in [4.78, 5) is 24.7. The summed E-state index contributed by atoms with van der Waals surface area (Å²) in [6.07, 6.45) is 37.8. The first-order valence-corrected chi connectivity index (χ1v) is 20.0. The average molecular weight is 639 g/mol. The van der Waals surface area contributed by atoms with Gasteiger partial charge in [-0.25, -0.2) is 0 Å². The van der Waals surface area contributed by atoms with Gasteiger partial charge in [-0.3, -0.25) is 9.59 Å². The molecule has 0 aliphatic heterocycles. The van der Waals surface area contributed by atoms with Gasteiger partial charge in [0.25, 0.3) is 0 Å². The van der Waals surface area contributed by atoms with Crippen LogP contribution in [-0.4, -0.2) is 35.9 Å². The van der Waals surface area contributed by atoms with Gasteiger partial charge in [0.15, 0.2) is 0 Å². The van der Waals surface area contributed by atoms with Crippen molar-refractivity contribution >= 4 is 11.9 Å². The van der Waals surface area contributed by atoms with E-state index in [0.717, 1.165) is 25.7 Å². The molecule has 1 N–H and O–H groups in total. The summed E-state index contributed by atoms with van der Waals surface area (Å²) in [5.41, 5.74) is -0.794. The maximum absolute atomic E-state index is 12.5. The number of carbonyl (C=O) groups is 2. The first-order valence-electron chi connectivity index (χ1n) is 20.0. The van der Waals surface area contributed by atoms with Crippen LogP contribution in [0.2, 0.25) is 0 Å². The zero-order chi connectivity index (χ0) is 33.1. The molecule has 1 unspecified atom stereocenters. The molecular weight excluding hydrogens is 560 g/mol. The highest BCUT2D eigenvalue weighted by Crippen LogP contribution is 2.22.